The zero-order valence-corrected chi connectivity index (χ0v) is 15.3. The van der Waals surface area contributed by atoms with Gasteiger partial charge in [-0.05, 0) is 37.4 Å². The van der Waals surface area contributed by atoms with Crippen LogP contribution in [0.15, 0.2) is 18.5 Å². The van der Waals surface area contributed by atoms with Gasteiger partial charge in [-0.15, -0.1) is 0 Å². The minimum atomic E-state index is -1.90. The predicted molar refractivity (Wildman–Crippen MR) is 96.0 cm³/mol. The van der Waals surface area contributed by atoms with Crippen LogP contribution in [0.5, 0.6) is 0 Å². The maximum atomic E-state index is 14.5. The van der Waals surface area contributed by atoms with Gasteiger partial charge >= 0.3 is 13.1 Å². The number of amides is 1. The highest BCUT2D eigenvalue weighted by Crippen LogP contribution is 2.35. The van der Waals surface area contributed by atoms with E-state index in [0.29, 0.717) is 5.69 Å². The largest absolute Gasteiger partial charge is 0.488 e. The molecule has 0 spiro atoms. The van der Waals surface area contributed by atoms with Gasteiger partial charge in [0.15, 0.2) is 6.04 Å². The first-order valence-electron chi connectivity index (χ1n) is 9.12. The van der Waals surface area contributed by atoms with Gasteiger partial charge in [-0.25, -0.2) is 14.2 Å². The lowest BCUT2D eigenvalue weighted by Crippen LogP contribution is -2.36. The first-order chi connectivity index (χ1) is 13.4. The van der Waals surface area contributed by atoms with E-state index in [4.69, 9.17) is 4.74 Å². The summed E-state index contributed by atoms with van der Waals surface area (Å²) >= 11 is 0. The van der Waals surface area contributed by atoms with Crippen molar-refractivity contribution in [1.82, 2.24) is 14.5 Å². The summed E-state index contributed by atoms with van der Waals surface area (Å²) in [6.45, 7) is 2.47. The third kappa shape index (κ3) is 2.89. The number of rotatable bonds is 5. The van der Waals surface area contributed by atoms with Crippen molar-refractivity contribution < 1.29 is 28.8 Å². The maximum Gasteiger partial charge on any atom is 0.488 e. The van der Waals surface area contributed by atoms with Crippen molar-refractivity contribution in [1.29, 1.82) is 0 Å². The van der Waals surface area contributed by atoms with Crippen LogP contribution in [-0.2, 0) is 29.0 Å². The van der Waals surface area contributed by atoms with E-state index in [0.717, 1.165) is 31.1 Å². The van der Waals surface area contributed by atoms with Gasteiger partial charge in [0, 0.05) is 23.4 Å². The highest BCUT2D eigenvalue weighted by atomic mass is 19.1. The third-order valence-electron chi connectivity index (χ3n) is 5.21. The number of ether oxygens (including phenoxy) is 1. The second-order valence-electron chi connectivity index (χ2n) is 6.86. The highest BCUT2D eigenvalue weighted by molar-refractivity contribution is 6.58. The molecule has 2 aliphatic rings. The number of imidazole rings is 1. The Hall–Kier alpha value is -2.72. The first kappa shape index (κ1) is 18.6. The molecule has 0 fully saturated rings. The lowest BCUT2D eigenvalue weighted by atomic mass is 9.79. The second kappa shape index (κ2) is 7.03. The van der Waals surface area contributed by atoms with E-state index >= 15 is 0 Å². The molecule has 8 nitrogen and oxygen atoms in total. The van der Waals surface area contributed by atoms with Crippen LogP contribution in [0.1, 0.15) is 46.7 Å². The standard InChI is InChI=1S/C18H19BFN3O5/c1-2-28-18(25)16(15-14-4-3-5-22(14)9-21-15)23-8-12-11(17(23)24)6-10(19(26)27)7-13(12)20/h6-7,9,16,26-27H,2-5,8H2,1H3. The quantitative estimate of drug-likeness (QED) is 0.549. The molecule has 1 amide bonds. The number of hydrogen-bond donors (Lipinski definition) is 2. The molecule has 0 aliphatic carbocycles. The third-order valence-corrected chi connectivity index (χ3v) is 5.21. The molecule has 1 atom stereocenters. The summed E-state index contributed by atoms with van der Waals surface area (Å²) in [7, 11) is -1.90. The number of esters is 1. The number of carbonyl (C=O) groups excluding carboxylic acids is 2. The fourth-order valence-corrected chi connectivity index (χ4v) is 3.90. The fourth-order valence-electron chi connectivity index (χ4n) is 3.90. The van der Waals surface area contributed by atoms with E-state index in [9.17, 15) is 24.0 Å². The molecule has 1 aromatic heterocycles. The van der Waals surface area contributed by atoms with Gasteiger partial charge in [0.25, 0.3) is 5.91 Å². The highest BCUT2D eigenvalue weighted by Gasteiger charge is 2.42. The van der Waals surface area contributed by atoms with Crippen molar-refractivity contribution in [3.8, 4) is 0 Å². The summed E-state index contributed by atoms with van der Waals surface area (Å²) in [5, 5.41) is 18.7. The summed E-state index contributed by atoms with van der Waals surface area (Å²) in [5.74, 6) is -1.93. The number of aromatic nitrogens is 2. The summed E-state index contributed by atoms with van der Waals surface area (Å²) in [6.07, 6.45) is 3.29. The molecule has 1 aromatic carbocycles. The van der Waals surface area contributed by atoms with Gasteiger partial charge in [-0.1, -0.05) is 0 Å². The SMILES string of the molecule is CCOC(=O)C(c1ncn2c1CCC2)N1Cc2c(F)cc(B(O)O)cc2C1=O. The molecular weight excluding hydrogens is 368 g/mol. The number of hydrogen-bond acceptors (Lipinski definition) is 6. The van der Waals surface area contributed by atoms with Gasteiger partial charge in [-0.2, -0.15) is 0 Å². The average molecular weight is 387 g/mol. The lowest BCUT2D eigenvalue weighted by Gasteiger charge is -2.25. The zero-order valence-electron chi connectivity index (χ0n) is 15.3. The molecule has 2 aromatic rings. The summed E-state index contributed by atoms with van der Waals surface area (Å²) < 4.78 is 21.6. The van der Waals surface area contributed by atoms with Crippen LogP contribution in [0.25, 0.3) is 0 Å². The molecule has 0 bridgehead atoms. The molecule has 0 saturated carbocycles. The molecule has 2 N–H and O–H groups in total. The summed E-state index contributed by atoms with van der Waals surface area (Å²) in [4.78, 5) is 31.4. The van der Waals surface area contributed by atoms with E-state index in [1.807, 2.05) is 4.57 Å². The van der Waals surface area contributed by atoms with Gasteiger partial charge < -0.3 is 24.3 Å². The van der Waals surface area contributed by atoms with Crippen LogP contribution in [0, 0.1) is 5.82 Å². The molecule has 146 valence electrons. The van der Waals surface area contributed by atoms with Crippen molar-refractivity contribution in [3.05, 3.63) is 46.8 Å². The molecule has 3 heterocycles. The molecule has 2 aliphatic heterocycles. The number of halogens is 1. The van der Waals surface area contributed by atoms with E-state index in [1.54, 1.807) is 13.3 Å². The van der Waals surface area contributed by atoms with Crippen molar-refractivity contribution >= 4 is 24.5 Å². The van der Waals surface area contributed by atoms with Gasteiger partial charge in [0.2, 0.25) is 0 Å². The Morgan fingerprint density at radius 1 is 1.43 bits per heavy atom. The fraction of sp³-hybridized carbons (Fsp3) is 0.389. The first-order valence-corrected chi connectivity index (χ1v) is 9.12. The van der Waals surface area contributed by atoms with Crippen LogP contribution < -0.4 is 5.46 Å². The Bertz CT molecular complexity index is 961. The molecule has 0 saturated heterocycles. The van der Waals surface area contributed by atoms with Crippen molar-refractivity contribution in [2.45, 2.75) is 38.9 Å². The van der Waals surface area contributed by atoms with Gasteiger partial charge in [0.05, 0.1) is 25.2 Å². The van der Waals surface area contributed by atoms with Crippen LogP contribution in [0.2, 0.25) is 0 Å². The Balaban J connectivity index is 1.76. The Labute approximate surface area is 160 Å². The smallest absolute Gasteiger partial charge is 0.464 e. The normalized spacial score (nSPS) is 16.1. The van der Waals surface area contributed by atoms with Gasteiger partial charge in [0.1, 0.15) is 5.82 Å². The van der Waals surface area contributed by atoms with E-state index in [-0.39, 0.29) is 29.7 Å². The van der Waals surface area contributed by atoms with Crippen molar-refractivity contribution in [2.24, 2.45) is 0 Å². The molecule has 1 unspecified atom stereocenters. The monoisotopic (exact) mass is 387 g/mol. The van der Waals surface area contributed by atoms with Crippen LogP contribution >= 0.6 is 0 Å². The topological polar surface area (TPSA) is 105 Å². The number of fused-ring (bicyclic) bond motifs is 2. The number of aryl methyl sites for hydroxylation is 1. The minimum absolute atomic E-state index is 0.00764. The Morgan fingerprint density at radius 3 is 2.93 bits per heavy atom. The maximum absolute atomic E-state index is 14.5. The van der Waals surface area contributed by atoms with E-state index in [2.05, 4.69) is 4.98 Å². The number of benzene rings is 1. The van der Waals surface area contributed by atoms with Crippen LogP contribution in [0.4, 0.5) is 4.39 Å². The minimum Gasteiger partial charge on any atom is -0.464 e. The predicted octanol–water partition coefficient (Wildman–Crippen LogP) is -0.0916. The molecule has 10 heteroatoms. The van der Waals surface area contributed by atoms with E-state index < -0.39 is 30.9 Å². The molecule has 4 rings (SSSR count). The number of nitrogens with zero attached hydrogens (tertiary/aromatic N) is 3. The molecular formula is C18H19BFN3O5. The average Bonchev–Trinajstić information content (AvgIpc) is 3.33. The summed E-state index contributed by atoms with van der Waals surface area (Å²) in [6, 6.07) is 1.13. The Kier molecular flexibility index (Phi) is 4.68. The molecule has 28 heavy (non-hydrogen) atoms. The van der Waals surface area contributed by atoms with Crippen LogP contribution in [0.3, 0.4) is 0 Å². The lowest BCUT2D eigenvalue weighted by molar-refractivity contribution is -0.149. The van der Waals surface area contributed by atoms with Crippen LogP contribution in [-0.4, -0.2) is 50.1 Å². The van der Waals surface area contributed by atoms with Crippen molar-refractivity contribution in [3.63, 3.8) is 0 Å². The number of carbonyl (C=O) groups is 2. The summed E-state index contributed by atoms with van der Waals surface area (Å²) in [5.41, 5.74) is 1.31. The van der Waals surface area contributed by atoms with E-state index in [1.165, 1.54) is 11.0 Å². The van der Waals surface area contributed by atoms with Gasteiger partial charge in [-0.3, -0.25) is 4.79 Å². The van der Waals surface area contributed by atoms with Crippen molar-refractivity contribution in [2.75, 3.05) is 6.61 Å². The second-order valence-corrected chi connectivity index (χ2v) is 6.86. The zero-order chi connectivity index (χ0) is 20.0. The Morgan fingerprint density at radius 2 is 2.21 bits per heavy atom. The molecule has 0 radical (unpaired) electrons.